The van der Waals surface area contributed by atoms with Crippen molar-refractivity contribution in [3.63, 3.8) is 0 Å². The molecule has 7 heteroatoms. The van der Waals surface area contributed by atoms with Crippen molar-refractivity contribution < 1.29 is 9.53 Å². The number of hydrogen-bond acceptors (Lipinski definition) is 5. The van der Waals surface area contributed by atoms with E-state index in [-0.39, 0.29) is 11.9 Å². The van der Waals surface area contributed by atoms with Gasteiger partial charge in [-0.2, -0.15) is 0 Å². The predicted octanol–water partition coefficient (Wildman–Crippen LogP) is 4.40. The van der Waals surface area contributed by atoms with Crippen LogP contribution in [-0.4, -0.2) is 20.9 Å². The first-order valence-corrected chi connectivity index (χ1v) is 9.86. The molecule has 1 amide bonds. The second kappa shape index (κ2) is 7.82. The SMILES string of the molecule is Cc1nc(COc2ccc(C(=O)NC(C)c3nc4ccccc4[nH]3)cc2)cs1. The standard InChI is InChI=1S/C21H20N4O2S/c1-13(20-24-18-5-3-4-6-19(18)25-20)22-21(26)15-7-9-17(10-8-15)27-11-16-12-28-14(2)23-16/h3-10,12-13H,11H2,1-2H3,(H,22,26)(H,24,25). The average Bonchev–Trinajstić information content (AvgIpc) is 3.32. The van der Waals surface area contributed by atoms with Crippen molar-refractivity contribution in [3.05, 3.63) is 76.0 Å². The molecule has 28 heavy (non-hydrogen) atoms. The monoisotopic (exact) mass is 392 g/mol. The van der Waals surface area contributed by atoms with Crippen LogP contribution in [0, 0.1) is 6.92 Å². The fourth-order valence-corrected chi connectivity index (χ4v) is 3.46. The molecule has 4 rings (SSSR count). The average molecular weight is 392 g/mol. The third-order valence-corrected chi connectivity index (χ3v) is 5.16. The molecule has 0 fully saturated rings. The Morgan fingerprint density at radius 2 is 1.96 bits per heavy atom. The van der Waals surface area contributed by atoms with Gasteiger partial charge in [0.05, 0.1) is 27.8 Å². The number of H-pyrrole nitrogens is 1. The van der Waals surface area contributed by atoms with E-state index in [0.29, 0.717) is 17.9 Å². The second-order valence-electron chi connectivity index (χ2n) is 6.51. The number of imidazole rings is 1. The van der Waals surface area contributed by atoms with Crippen LogP contribution in [0.25, 0.3) is 11.0 Å². The van der Waals surface area contributed by atoms with Crippen molar-refractivity contribution >= 4 is 28.3 Å². The van der Waals surface area contributed by atoms with Gasteiger partial charge in [-0.25, -0.2) is 9.97 Å². The molecule has 142 valence electrons. The van der Waals surface area contributed by atoms with E-state index in [1.807, 2.05) is 43.5 Å². The lowest BCUT2D eigenvalue weighted by molar-refractivity contribution is 0.0938. The van der Waals surface area contributed by atoms with E-state index >= 15 is 0 Å². The van der Waals surface area contributed by atoms with Gasteiger partial charge in [-0.3, -0.25) is 4.79 Å². The molecule has 6 nitrogen and oxygen atoms in total. The highest BCUT2D eigenvalue weighted by Gasteiger charge is 2.15. The molecule has 0 aliphatic heterocycles. The van der Waals surface area contributed by atoms with Gasteiger partial charge in [-0.05, 0) is 50.2 Å². The van der Waals surface area contributed by atoms with E-state index < -0.39 is 0 Å². The number of aromatic amines is 1. The Kier molecular flexibility index (Phi) is 5.08. The molecule has 4 aromatic rings. The minimum absolute atomic E-state index is 0.158. The summed E-state index contributed by atoms with van der Waals surface area (Å²) in [7, 11) is 0. The first kappa shape index (κ1) is 18.2. The maximum absolute atomic E-state index is 12.5. The third-order valence-electron chi connectivity index (χ3n) is 4.34. The number of rotatable bonds is 6. The van der Waals surface area contributed by atoms with Crippen LogP contribution in [0.15, 0.2) is 53.9 Å². The number of para-hydroxylation sites is 2. The summed E-state index contributed by atoms with van der Waals surface area (Å²) in [5.41, 5.74) is 3.31. The van der Waals surface area contributed by atoms with Crippen molar-refractivity contribution in [2.75, 3.05) is 0 Å². The van der Waals surface area contributed by atoms with Gasteiger partial charge < -0.3 is 15.0 Å². The van der Waals surface area contributed by atoms with Gasteiger partial charge in [0.15, 0.2) is 0 Å². The number of benzene rings is 2. The summed E-state index contributed by atoms with van der Waals surface area (Å²) < 4.78 is 5.72. The zero-order valence-corrected chi connectivity index (χ0v) is 16.4. The molecule has 1 unspecified atom stereocenters. The number of aromatic nitrogens is 3. The fourth-order valence-electron chi connectivity index (χ4n) is 2.86. The first-order valence-electron chi connectivity index (χ1n) is 8.98. The number of carbonyl (C=O) groups excluding carboxylic acids is 1. The Balaban J connectivity index is 1.37. The predicted molar refractivity (Wildman–Crippen MR) is 110 cm³/mol. The number of fused-ring (bicyclic) bond motifs is 1. The Hall–Kier alpha value is -3.19. The van der Waals surface area contributed by atoms with E-state index in [4.69, 9.17) is 4.74 Å². The minimum atomic E-state index is -0.233. The minimum Gasteiger partial charge on any atom is -0.487 e. The lowest BCUT2D eigenvalue weighted by Crippen LogP contribution is -2.27. The summed E-state index contributed by atoms with van der Waals surface area (Å²) in [5, 5.41) is 5.97. The molecule has 0 aliphatic rings. The highest BCUT2D eigenvalue weighted by atomic mass is 32.1. The number of hydrogen-bond donors (Lipinski definition) is 2. The molecule has 2 aromatic heterocycles. The lowest BCUT2D eigenvalue weighted by Gasteiger charge is -2.12. The molecule has 2 N–H and O–H groups in total. The largest absolute Gasteiger partial charge is 0.487 e. The molecule has 2 heterocycles. The number of thiazole rings is 1. The Labute approximate surface area is 166 Å². The number of nitrogens with one attached hydrogen (secondary N) is 2. The zero-order valence-electron chi connectivity index (χ0n) is 15.6. The van der Waals surface area contributed by atoms with Crippen molar-refractivity contribution in [1.82, 2.24) is 20.3 Å². The van der Waals surface area contributed by atoms with Gasteiger partial charge >= 0.3 is 0 Å². The smallest absolute Gasteiger partial charge is 0.251 e. The molecular formula is C21H20N4O2S. The van der Waals surface area contributed by atoms with E-state index in [0.717, 1.165) is 27.6 Å². The Bertz CT molecular complexity index is 1070. The van der Waals surface area contributed by atoms with Crippen LogP contribution < -0.4 is 10.1 Å². The van der Waals surface area contributed by atoms with Gasteiger partial charge in [0.2, 0.25) is 0 Å². The highest BCUT2D eigenvalue weighted by molar-refractivity contribution is 7.09. The number of amides is 1. The summed E-state index contributed by atoms with van der Waals surface area (Å²) in [5.74, 6) is 1.27. The van der Waals surface area contributed by atoms with E-state index in [1.165, 1.54) is 0 Å². The molecule has 0 bridgehead atoms. The lowest BCUT2D eigenvalue weighted by atomic mass is 10.2. The molecule has 0 saturated carbocycles. The molecular weight excluding hydrogens is 372 g/mol. The van der Waals surface area contributed by atoms with Crippen molar-refractivity contribution in [2.45, 2.75) is 26.5 Å². The normalized spacial score (nSPS) is 12.1. The van der Waals surface area contributed by atoms with Gasteiger partial charge in [-0.15, -0.1) is 11.3 Å². The van der Waals surface area contributed by atoms with Crippen molar-refractivity contribution in [3.8, 4) is 5.75 Å². The molecule has 0 spiro atoms. The molecule has 1 atom stereocenters. The number of ether oxygens (including phenoxy) is 1. The van der Waals surface area contributed by atoms with E-state index in [2.05, 4.69) is 20.3 Å². The third kappa shape index (κ3) is 4.04. The highest BCUT2D eigenvalue weighted by Crippen LogP contribution is 2.18. The second-order valence-corrected chi connectivity index (χ2v) is 7.57. The summed E-state index contributed by atoms with van der Waals surface area (Å²) in [4.78, 5) is 24.7. The quantitative estimate of drug-likeness (QED) is 0.510. The van der Waals surface area contributed by atoms with Crippen LogP contribution in [0.4, 0.5) is 0 Å². The van der Waals surface area contributed by atoms with Gasteiger partial charge in [0.1, 0.15) is 18.2 Å². The summed E-state index contributed by atoms with van der Waals surface area (Å²) in [6.45, 7) is 4.29. The van der Waals surface area contributed by atoms with Crippen molar-refractivity contribution in [1.29, 1.82) is 0 Å². The number of carbonyl (C=O) groups is 1. The van der Waals surface area contributed by atoms with Gasteiger partial charge in [0.25, 0.3) is 5.91 Å². The van der Waals surface area contributed by atoms with Gasteiger partial charge in [-0.1, -0.05) is 12.1 Å². The molecule has 0 radical (unpaired) electrons. The Morgan fingerprint density at radius 3 is 2.68 bits per heavy atom. The first-order chi connectivity index (χ1) is 13.6. The fraction of sp³-hybridized carbons (Fsp3) is 0.190. The number of aryl methyl sites for hydroxylation is 1. The zero-order chi connectivity index (χ0) is 19.5. The van der Waals surface area contributed by atoms with Crippen LogP contribution in [-0.2, 0) is 6.61 Å². The Morgan fingerprint density at radius 1 is 1.18 bits per heavy atom. The van der Waals surface area contributed by atoms with Gasteiger partial charge in [0, 0.05) is 10.9 Å². The molecule has 0 aliphatic carbocycles. The van der Waals surface area contributed by atoms with E-state index in [1.54, 1.807) is 35.6 Å². The van der Waals surface area contributed by atoms with Crippen LogP contribution in [0.2, 0.25) is 0 Å². The summed E-state index contributed by atoms with van der Waals surface area (Å²) in [6.07, 6.45) is 0. The maximum Gasteiger partial charge on any atom is 0.251 e. The summed E-state index contributed by atoms with van der Waals surface area (Å²) >= 11 is 1.60. The van der Waals surface area contributed by atoms with Crippen LogP contribution >= 0.6 is 11.3 Å². The number of nitrogens with zero attached hydrogens (tertiary/aromatic N) is 2. The van der Waals surface area contributed by atoms with Crippen molar-refractivity contribution in [2.24, 2.45) is 0 Å². The topological polar surface area (TPSA) is 79.9 Å². The van der Waals surface area contributed by atoms with E-state index in [9.17, 15) is 4.79 Å². The molecule has 2 aromatic carbocycles. The van der Waals surface area contributed by atoms with Crippen LogP contribution in [0.3, 0.4) is 0 Å². The summed E-state index contributed by atoms with van der Waals surface area (Å²) in [6, 6.07) is 14.7. The maximum atomic E-state index is 12.5. The van der Waals surface area contributed by atoms with Crippen LogP contribution in [0.1, 0.15) is 39.8 Å². The van der Waals surface area contributed by atoms with Crippen LogP contribution in [0.5, 0.6) is 5.75 Å². The molecule has 0 saturated heterocycles.